The van der Waals surface area contributed by atoms with E-state index in [9.17, 15) is 4.79 Å². The highest BCUT2D eigenvalue weighted by molar-refractivity contribution is 7.99. The molecule has 1 amide bonds. The highest BCUT2D eigenvalue weighted by Crippen LogP contribution is 2.35. The van der Waals surface area contributed by atoms with Gasteiger partial charge in [-0.15, -0.1) is 0 Å². The Morgan fingerprint density at radius 3 is 2.93 bits per heavy atom. The molecule has 1 saturated carbocycles. The van der Waals surface area contributed by atoms with E-state index in [0.29, 0.717) is 5.25 Å². The number of methoxy groups -OCH3 is 1. The van der Waals surface area contributed by atoms with Crippen LogP contribution in [0.15, 0.2) is 0 Å². The van der Waals surface area contributed by atoms with Crippen molar-refractivity contribution in [1.29, 1.82) is 0 Å². The predicted molar refractivity (Wildman–Crippen MR) is 62.7 cm³/mol. The summed E-state index contributed by atoms with van der Waals surface area (Å²) in [6.07, 6.45) is 3.49. The molecular weight excluding hydrogens is 212 g/mol. The second-order valence-electron chi connectivity index (χ2n) is 4.10. The van der Waals surface area contributed by atoms with E-state index in [1.54, 1.807) is 7.11 Å². The lowest BCUT2D eigenvalue weighted by atomic mass is 9.99. The molecule has 1 rings (SSSR count). The van der Waals surface area contributed by atoms with Gasteiger partial charge in [0, 0.05) is 19.0 Å². The molecule has 4 N–H and O–H groups in total. The van der Waals surface area contributed by atoms with E-state index in [1.165, 1.54) is 0 Å². The van der Waals surface area contributed by atoms with E-state index < -0.39 is 5.54 Å². The van der Waals surface area contributed by atoms with Crippen LogP contribution in [0.5, 0.6) is 0 Å². The van der Waals surface area contributed by atoms with Gasteiger partial charge in [-0.3, -0.25) is 4.79 Å². The average molecular weight is 232 g/mol. The molecule has 4 nitrogen and oxygen atoms in total. The minimum Gasteiger partial charge on any atom is -0.385 e. The maximum atomic E-state index is 11.1. The Morgan fingerprint density at radius 2 is 2.40 bits per heavy atom. The van der Waals surface area contributed by atoms with E-state index >= 15 is 0 Å². The minimum atomic E-state index is -0.751. The lowest BCUT2D eigenvalue weighted by Gasteiger charge is -2.19. The van der Waals surface area contributed by atoms with E-state index in [-0.39, 0.29) is 5.91 Å². The van der Waals surface area contributed by atoms with Crippen molar-refractivity contribution in [1.82, 2.24) is 0 Å². The zero-order valence-corrected chi connectivity index (χ0v) is 10.0. The summed E-state index contributed by atoms with van der Waals surface area (Å²) in [7, 11) is 1.71. The van der Waals surface area contributed by atoms with Crippen molar-refractivity contribution in [3.05, 3.63) is 0 Å². The summed E-state index contributed by atoms with van der Waals surface area (Å²) in [5.41, 5.74) is 10.4. The van der Waals surface area contributed by atoms with E-state index in [2.05, 4.69) is 0 Å². The van der Waals surface area contributed by atoms with Crippen LogP contribution in [-0.2, 0) is 9.53 Å². The van der Waals surface area contributed by atoms with Gasteiger partial charge >= 0.3 is 0 Å². The Morgan fingerprint density at radius 1 is 1.67 bits per heavy atom. The van der Waals surface area contributed by atoms with Gasteiger partial charge in [0.1, 0.15) is 0 Å². The number of hydrogen-bond acceptors (Lipinski definition) is 4. The molecule has 0 radical (unpaired) electrons. The topological polar surface area (TPSA) is 78.3 Å². The van der Waals surface area contributed by atoms with E-state index in [0.717, 1.165) is 38.0 Å². The Bertz CT molecular complexity index is 225. The number of carbonyl (C=O) groups excluding carboxylic acids is 1. The monoisotopic (exact) mass is 232 g/mol. The molecule has 88 valence electrons. The van der Waals surface area contributed by atoms with Gasteiger partial charge in [-0.1, -0.05) is 0 Å². The Kier molecular flexibility index (Phi) is 4.89. The van der Waals surface area contributed by atoms with Crippen molar-refractivity contribution < 1.29 is 9.53 Å². The first-order chi connectivity index (χ1) is 7.08. The summed E-state index contributed by atoms with van der Waals surface area (Å²) in [6.45, 7) is 0.795. The van der Waals surface area contributed by atoms with Crippen molar-refractivity contribution in [2.75, 3.05) is 19.5 Å². The van der Waals surface area contributed by atoms with Crippen LogP contribution in [0, 0.1) is 0 Å². The second-order valence-corrected chi connectivity index (χ2v) is 5.51. The van der Waals surface area contributed by atoms with Crippen molar-refractivity contribution in [2.45, 2.75) is 36.5 Å². The van der Waals surface area contributed by atoms with Gasteiger partial charge < -0.3 is 16.2 Å². The first-order valence-electron chi connectivity index (χ1n) is 5.28. The SMILES string of the molecule is COCCCSC1CCC(N)(C(N)=O)C1. The molecule has 2 atom stereocenters. The molecular formula is C10H20N2O2S. The fourth-order valence-corrected chi connectivity index (χ4v) is 3.17. The molecule has 0 aromatic carbocycles. The van der Waals surface area contributed by atoms with Gasteiger partial charge in [0.25, 0.3) is 0 Å². The molecule has 0 aromatic heterocycles. The highest BCUT2D eigenvalue weighted by atomic mass is 32.2. The molecule has 0 aliphatic heterocycles. The maximum Gasteiger partial charge on any atom is 0.237 e. The zero-order valence-electron chi connectivity index (χ0n) is 9.20. The number of primary amides is 1. The summed E-state index contributed by atoms with van der Waals surface area (Å²) in [6, 6.07) is 0. The third-order valence-electron chi connectivity index (χ3n) is 2.84. The predicted octanol–water partition coefficient (Wildman–Crippen LogP) is 0.491. The van der Waals surface area contributed by atoms with Crippen molar-refractivity contribution in [2.24, 2.45) is 11.5 Å². The van der Waals surface area contributed by atoms with Gasteiger partial charge in [0.05, 0.1) is 5.54 Å². The van der Waals surface area contributed by atoms with Crippen LogP contribution in [0.3, 0.4) is 0 Å². The molecule has 15 heavy (non-hydrogen) atoms. The molecule has 0 saturated heterocycles. The van der Waals surface area contributed by atoms with Crippen molar-refractivity contribution in [3.8, 4) is 0 Å². The van der Waals surface area contributed by atoms with Crippen LogP contribution in [0.4, 0.5) is 0 Å². The van der Waals surface area contributed by atoms with Gasteiger partial charge in [0.2, 0.25) is 5.91 Å². The lowest BCUT2D eigenvalue weighted by molar-refractivity contribution is -0.122. The average Bonchev–Trinajstić information content (AvgIpc) is 2.57. The van der Waals surface area contributed by atoms with Gasteiger partial charge in [-0.25, -0.2) is 0 Å². The number of hydrogen-bond donors (Lipinski definition) is 2. The number of ether oxygens (including phenoxy) is 1. The first kappa shape index (κ1) is 12.8. The summed E-state index contributed by atoms with van der Waals surface area (Å²) >= 11 is 1.88. The molecule has 5 heteroatoms. The lowest BCUT2D eigenvalue weighted by Crippen LogP contribution is -2.50. The largest absolute Gasteiger partial charge is 0.385 e. The molecule has 1 fully saturated rings. The summed E-state index contributed by atoms with van der Waals surface area (Å²) in [5, 5.41) is 0.486. The molecule has 0 bridgehead atoms. The number of rotatable bonds is 6. The standard InChI is InChI=1S/C10H20N2O2S/c1-14-5-2-6-15-8-3-4-10(12,7-8)9(11)13/h8H,2-7,12H2,1H3,(H2,11,13). The Hall–Kier alpha value is -0.260. The minimum absolute atomic E-state index is 0.359. The van der Waals surface area contributed by atoms with Crippen LogP contribution in [0.25, 0.3) is 0 Å². The van der Waals surface area contributed by atoms with Crippen LogP contribution in [-0.4, -0.2) is 36.2 Å². The third kappa shape index (κ3) is 3.66. The fourth-order valence-electron chi connectivity index (χ4n) is 1.85. The Balaban J connectivity index is 2.22. The molecule has 0 spiro atoms. The summed E-state index contributed by atoms with van der Waals surface area (Å²) < 4.78 is 4.97. The maximum absolute atomic E-state index is 11.1. The van der Waals surface area contributed by atoms with Gasteiger partial charge in [0.15, 0.2) is 0 Å². The number of thioether (sulfide) groups is 1. The number of amides is 1. The number of nitrogens with two attached hydrogens (primary N) is 2. The normalized spacial score (nSPS) is 30.7. The van der Waals surface area contributed by atoms with Gasteiger partial charge in [-0.2, -0.15) is 11.8 Å². The quantitative estimate of drug-likeness (QED) is 0.653. The fraction of sp³-hybridized carbons (Fsp3) is 0.900. The van der Waals surface area contributed by atoms with E-state index in [1.807, 2.05) is 11.8 Å². The van der Waals surface area contributed by atoms with E-state index in [4.69, 9.17) is 16.2 Å². The summed E-state index contributed by atoms with van der Waals surface area (Å²) in [4.78, 5) is 11.1. The number of carbonyl (C=O) groups is 1. The third-order valence-corrected chi connectivity index (χ3v) is 4.24. The highest BCUT2D eigenvalue weighted by Gasteiger charge is 2.40. The van der Waals surface area contributed by atoms with Gasteiger partial charge in [-0.05, 0) is 31.4 Å². The first-order valence-corrected chi connectivity index (χ1v) is 6.33. The second kappa shape index (κ2) is 5.72. The molecule has 1 aliphatic carbocycles. The van der Waals surface area contributed by atoms with Crippen molar-refractivity contribution >= 4 is 17.7 Å². The van der Waals surface area contributed by atoms with Crippen LogP contribution in [0.1, 0.15) is 25.7 Å². The molecule has 0 heterocycles. The summed E-state index contributed by atoms with van der Waals surface area (Å²) in [5.74, 6) is 0.704. The zero-order chi connectivity index (χ0) is 11.3. The molecule has 1 aliphatic rings. The van der Waals surface area contributed by atoms with Crippen molar-refractivity contribution in [3.63, 3.8) is 0 Å². The van der Waals surface area contributed by atoms with Crippen LogP contribution >= 0.6 is 11.8 Å². The van der Waals surface area contributed by atoms with Crippen LogP contribution in [0.2, 0.25) is 0 Å². The smallest absolute Gasteiger partial charge is 0.237 e. The van der Waals surface area contributed by atoms with Crippen LogP contribution < -0.4 is 11.5 Å². The Labute approximate surface area is 95.1 Å². The molecule has 2 unspecified atom stereocenters. The molecule has 0 aromatic rings.